The first kappa shape index (κ1) is 13.3. The zero-order chi connectivity index (χ0) is 13.5. The third-order valence-corrected chi connectivity index (χ3v) is 2.87. The summed E-state index contributed by atoms with van der Waals surface area (Å²) >= 11 is 0. The summed E-state index contributed by atoms with van der Waals surface area (Å²) in [5, 5.41) is 9.15. The second kappa shape index (κ2) is 6.69. The van der Waals surface area contributed by atoms with Crippen molar-refractivity contribution in [3.05, 3.63) is 54.1 Å². The van der Waals surface area contributed by atoms with Gasteiger partial charge in [0.25, 0.3) is 0 Å². The van der Waals surface area contributed by atoms with Gasteiger partial charge in [0.15, 0.2) is 0 Å². The van der Waals surface area contributed by atoms with Crippen LogP contribution in [0.3, 0.4) is 0 Å². The Hall–Kier alpha value is -2.16. The zero-order valence-corrected chi connectivity index (χ0v) is 11.0. The minimum Gasteiger partial charge on any atom is -0.508 e. The Morgan fingerprint density at radius 1 is 0.895 bits per heavy atom. The molecule has 0 heterocycles. The van der Waals surface area contributed by atoms with E-state index in [-0.39, 0.29) is 5.75 Å². The number of methoxy groups -OCH3 is 1. The monoisotopic (exact) mass is 258 g/mol. The van der Waals surface area contributed by atoms with Crippen LogP contribution in [0.25, 0.3) is 0 Å². The van der Waals surface area contributed by atoms with Crippen molar-refractivity contribution in [1.29, 1.82) is 0 Å². The van der Waals surface area contributed by atoms with Gasteiger partial charge in [-0.1, -0.05) is 12.1 Å². The molecule has 1 N–H and O–H groups in total. The summed E-state index contributed by atoms with van der Waals surface area (Å²) in [4.78, 5) is 0. The number of rotatable bonds is 6. The molecule has 0 fully saturated rings. The van der Waals surface area contributed by atoms with Crippen LogP contribution >= 0.6 is 0 Å². The van der Waals surface area contributed by atoms with E-state index in [0.29, 0.717) is 6.61 Å². The molecule has 0 saturated heterocycles. The van der Waals surface area contributed by atoms with Crippen molar-refractivity contribution in [2.24, 2.45) is 0 Å². The van der Waals surface area contributed by atoms with E-state index in [0.717, 1.165) is 24.3 Å². The Bertz CT molecular complexity index is 488. The first-order chi connectivity index (χ1) is 9.28. The highest BCUT2D eigenvalue weighted by molar-refractivity contribution is 5.30. The fraction of sp³-hybridized carbons (Fsp3) is 0.250. The Balaban J connectivity index is 1.72. The van der Waals surface area contributed by atoms with Crippen LogP contribution in [0.15, 0.2) is 48.5 Å². The maximum absolute atomic E-state index is 9.15. The number of phenolic OH excluding ortho intramolecular Hbond substituents is 1. The largest absolute Gasteiger partial charge is 0.508 e. The predicted octanol–water partition coefficient (Wildman–Crippen LogP) is 3.41. The summed E-state index contributed by atoms with van der Waals surface area (Å²) in [7, 11) is 1.67. The van der Waals surface area contributed by atoms with Crippen molar-refractivity contribution in [3.8, 4) is 17.2 Å². The van der Waals surface area contributed by atoms with Gasteiger partial charge < -0.3 is 14.6 Å². The highest BCUT2D eigenvalue weighted by Gasteiger charge is 1.97. The van der Waals surface area contributed by atoms with Gasteiger partial charge in [-0.15, -0.1) is 0 Å². The Kier molecular flexibility index (Phi) is 4.67. The first-order valence-electron chi connectivity index (χ1n) is 6.33. The van der Waals surface area contributed by atoms with Crippen LogP contribution in [-0.2, 0) is 6.42 Å². The zero-order valence-electron chi connectivity index (χ0n) is 11.0. The topological polar surface area (TPSA) is 38.7 Å². The van der Waals surface area contributed by atoms with Crippen molar-refractivity contribution in [3.63, 3.8) is 0 Å². The second-order valence-electron chi connectivity index (χ2n) is 4.29. The van der Waals surface area contributed by atoms with Crippen LogP contribution < -0.4 is 9.47 Å². The molecule has 0 unspecified atom stereocenters. The number of ether oxygens (including phenoxy) is 2. The lowest BCUT2D eigenvalue weighted by Crippen LogP contribution is -1.99. The molecule has 100 valence electrons. The van der Waals surface area contributed by atoms with E-state index in [4.69, 9.17) is 14.6 Å². The summed E-state index contributed by atoms with van der Waals surface area (Å²) in [6.45, 7) is 0.663. The highest BCUT2D eigenvalue weighted by atomic mass is 16.5. The highest BCUT2D eigenvalue weighted by Crippen LogP contribution is 2.16. The summed E-state index contributed by atoms with van der Waals surface area (Å²) in [5.74, 6) is 1.92. The van der Waals surface area contributed by atoms with Gasteiger partial charge in [0.1, 0.15) is 17.2 Å². The number of hydrogen-bond donors (Lipinski definition) is 1. The van der Waals surface area contributed by atoms with Crippen molar-refractivity contribution < 1.29 is 14.6 Å². The molecule has 0 bridgehead atoms. The van der Waals surface area contributed by atoms with Gasteiger partial charge in [-0.25, -0.2) is 0 Å². The fourth-order valence-corrected chi connectivity index (χ4v) is 1.80. The molecule has 0 aliphatic carbocycles. The predicted molar refractivity (Wildman–Crippen MR) is 74.9 cm³/mol. The van der Waals surface area contributed by atoms with Crippen LogP contribution in [-0.4, -0.2) is 18.8 Å². The van der Waals surface area contributed by atoms with Gasteiger partial charge in [-0.2, -0.15) is 0 Å². The number of aromatic hydroxyl groups is 1. The SMILES string of the molecule is COc1ccc(CCCOc2ccc(O)cc2)cc1. The van der Waals surface area contributed by atoms with E-state index in [9.17, 15) is 0 Å². The van der Waals surface area contributed by atoms with Crippen LogP contribution in [0, 0.1) is 0 Å². The molecule has 3 nitrogen and oxygen atoms in total. The molecule has 0 atom stereocenters. The van der Waals surface area contributed by atoms with Crippen LogP contribution in [0.5, 0.6) is 17.2 Å². The molecule has 2 aromatic carbocycles. The molecule has 2 aromatic rings. The molecule has 0 aliphatic heterocycles. The van der Waals surface area contributed by atoms with Crippen molar-refractivity contribution in [2.75, 3.05) is 13.7 Å². The average Bonchev–Trinajstić information content (AvgIpc) is 2.46. The quantitative estimate of drug-likeness (QED) is 0.807. The summed E-state index contributed by atoms with van der Waals surface area (Å²) < 4.78 is 10.7. The standard InChI is InChI=1S/C16H18O3/c1-18-15-8-4-13(5-9-15)3-2-12-19-16-10-6-14(17)7-11-16/h4-11,17H,2-3,12H2,1H3. The lowest BCUT2D eigenvalue weighted by atomic mass is 10.1. The van der Waals surface area contributed by atoms with Gasteiger partial charge in [0.05, 0.1) is 13.7 Å². The fourth-order valence-electron chi connectivity index (χ4n) is 1.80. The van der Waals surface area contributed by atoms with E-state index in [1.54, 1.807) is 31.4 Å². The number of benzene rings is 2. The lowest BCUT2D eigenvalue weighted by Gasteiger charge is -2.06. The van der Waals surface area contributed by atoms with Crippen LogP contribution in [0.1, 0.15) is 12.0 Å². The van der Waals surface area contributed by atoms with Gasteiger partial charge >= 0.3 is 0 Å². The molecule has 2 rings (SSSR count). The molecule has 3 heteroatoms. The van der Waals surface area contributed by atoms with E-state index < -0.39 is 0 Å². The molecular formula is C16H18O3. The molecule has 0 saturated carbocycles. The molecule has 0 radical (unpaired) electrons. The normalized spacial score (nSPS) is 10.2. The van der Waals surface area contributed by atoms with Crippen LogP contribution in [0.2, 0.25) is 0 Å². The third kappa shape index (κ3) is 4.21. The molecule has 19 heavy (non-hydrogen) atoms. The summed E-state index contributed by atoms with van der Waals surface area (Å²) in [6, 6.07) is 14.9. The summed E-state index contributed by atoms with van der Waals surface area (Å²) in [6.07, 6.45) is 1.93. The second-order valence-corrected chi connectivity index (χ2v) is 4.29. The number of aryl methyl sites for hydroxylation is 1. The molecule has 0 amide bonds. The van der Waals surface area contributed by atoms with E-state index in [1.165, 1.54) is 5.56 Å². The van der Waals surface area contributed by atoms with Crippen molar-refractivity contribution in [2.45, 2.75) is 12.8 Å². The first-order valence-corrected chi connectivity index (χ1v) is 6.33. The van der Waals surface area contributed by atoms with Gasteiger partial charge in [-0.05, 0) is 54.8 Å². The van der Waals surface area contributed by atoms with Gasteiger partial charge in [0.2, 0.25) is 0 Å². The Morgan fingerprint density at radius 2 is 1.53 bits per heavy atom. The number of hydrogen-bond acceptors (Lipinski definition) is 3. The maximum atomic E-state index is 9.15. The van der Waals surface area contributed by atoms with Crippen molar-refractivity contribution >= 4 is 0 Å². The Labute approximate surface area is 113 Å². The smallest absolute Gasteiger partial charge is 0.119 e. The molecule has 0 aromatic heterocycles. The molecular weight excluding hydrogens is 240 g/mol. The van der Waals surface area contributed by atoms with E-state index >= 15 is 0 Å². The third-order valence-electron chi connectivity index (χ3n) is 2.87. The van der Waals surface area contributed by atoms with Gasteiger partial charge in [0, 0.05) is 0 Å². The van der Waals surface area contributed by atoms with E-state index in [1.807, 2.05) is 12.1 Å². The average molecular weight is 258 g/mol. The summed E-state index contributed by atoms with van der Waals surface area (Å²) in [5.41, 5.74) is 1.27. The minimum absolute atomic E-state index is 0.255. The minimum atomic E-state index is 0.255. The van der Waals surface area contributed by atoms with Crippen molar-refractivity contribution in [1.82, 2.24) is 0 Å². The number of phenols is 1. The Morgan fingerprint density at radius 3 is 2.16 bits per heavy atom. The lowest BCUT2D eigenvalue weighted by molar-refractivity contribution is 0.310. The molecule has 0 aliphatic rings. The van der Waals surface area contributed by atoms with Gasteiger partial charge in [-0.3, -0.25) is 0 Å². The maximum Gasteiger partial charge on any atom is 0.119 e. The van der Waals surface area contributed by atoms with Crippen LogP contribution in [0.4, 0.5) is 0 Å². The van der Waals surface area contributed by atoms with E-state index in [2.05, 4.69) is 12.1 Å². The molecule has 0 spiro atoms.